The highest BCUT2D eigenvalue weighted by atomic mass is 32.2. The van der Waals surface area contributed by atoms with Crippen molar-refractivity contribution in [2.75, 3.05) is 0 Å². The van der Waals surface area contributed by atoms with Gasteiger partial charge < -0.3 is 4.57 Å². The van der Waals surface area contributed by atoms with E-state index in [1.54, 1.807) is 25.3 Å². The lowest BCUT2D eigenvalue weighted by atomic mass is 9.96. The maximum Gasteiger partial charge on any atom is 0.297 e. The van der Waals surface area contributed by atoms with Gasteiger partial charge in [-0.15, -0.1) is 0 Å². The van der Waals surface area contributed by atoms with E-state index in [1.807, 2.05) is 42.8 Å². The molecule has 0 saturated carbocycles. The first kappa shape index (κ1) is 21.0. The molecule has 31 heavy (non-hydrogen) atoms. The number of rotatable bonds is 6. The van der Waals surface area contributed by atoms with Crippen LogP contribution in [0.2, 0.25) is 0 Å². The molecule has 0 aliphatic carbocycles. The smallest absolute Gasteiger partial charge is 0.297 e. The highest BCUT2D eigenvalue weighted by Crippen LogP contribution is 2.35. The predicted octanol–water partition coefficient (Wildman–Crippen LogP) is 3.08. The van der Waals surface area contributed by atoms with Gasteiger partial charge in [0.2, 0.25) is 0 Å². The van der Waals surface area contributed by atoms with E-state index < -0.39 is 28.0 Å². The van der Waals surface area contributed by atoms with Crippen LogP contribution in [0, 0.1) is 6.92 Å². The van der Waals surface area contributed by atoms with Crippen LogP contribution in [0.4, 0.5) is 0 Å². The largest absolute Gasteiger partial charge is 0.350 e. The van der Waals surface area contributed by atoms with Gasteiger partial charge >= 0.3 is 0 Å². The molecule has 0 fully saturated rings. The topological polar surface area (TPSA) is 94.5 Å². The molecule has 4 rings (SSSR count). The number of imide groups is 1. The molecule has 0 radical (unpaired) electrons. The lowest BCUT2D eigenvalue weighted by Crippen LogP contribution is -2.28. The van der Waals surface area contributed by atoms with Crippen molar-refractivity contribution in [1.82, 2.24) is 9.88 Å². The van der Waals surface area contributed by atoms with Crippen LogP contribution < -0.4 is 5.32 Å². The molecule has 8 heteroatoms. The van der Waals surface area contributed by atoms with Crippen molar-refractivity contribution < 1.29 is 22.2 Å². The standard InChI is InChI=1S/C23H22N2O5S/c1-4-19(30-31(28,29)15-11-9-14(2)10-12-15)21-20(22(26)24-23(21)27)17-13-25(3)18-8-6-5-7-16(17)18/h5-13,19H,4H2,1-3H3,(H,24,26,27). The van der Waals surface area contributed by atoms with Crippen molar-refractivity contribution in [1.29, 1.82) is 0 Å². The Hall–Kier alpha value is -3.23. The number of aryl methyl sites for hydroxylation is 2. The molecule has 1 aromatic heterocycles. The number of para-hydroxylation sites is 1. The van der Waals surface area contributed by atoms with Crippen LogP contribution in [-0.4, -0.2) is 30.9 Å². The Morgan fingerprint density at radius 2 is 1.71 bits per heavy atom. The van der Waals surface area contributed by atoms with Crippen LogP contribution in [0.1, 0.15) is 24.5 Å². The molecule has 1 aliphatic heterocycles. The average molecular weight is 439 g/mol. The van der Waals surface area contributed by atoms with Gasteiger partial charge in [0.25, 0.3) is 21.9 Å². The first-order chi connectivity index (χ1) is 14.7. The van der Waals surface area contributed by atoms with Crippen LogP contribution in [0.25, 0.3) is 16.5 Å². The summed E-state index contributed by atoms with van der Waals surface area (Å²) in [6, 6.07) is 13.7. The van der Waals surface area contributed by atoms with Gasteiger partial charge in [0.05, 0.1) is 16.0 Å². The molecule has 2 aromatic carbocycles. The van der Waals surface area contributed by atoms with E-state index in [1.165, 1.54) is 12.1 Å². The molecular formula is C23H22N2O5S. The molecule has 2 amide bonds. The molecule has 0 bridgehead atoms. The number of carbonyl (C=O) groups excluding carboxylic acids is 2. The normalized spacial score (nSPS) is 15.6. The van der Waals surface area contributed by atoms with Crippen molar-refractivity contribution in [3.63, 3.8) is 0 Å². The summed E-state index contributed by atoms with van der Waals surface area (Å²) < 4.78 is 33.0. The van der Waals surface area contributed by atoms with E-state index in [0.29, 0.717) is 5.56 Å². The second-order valence-electron chi connectivity index (χ2n) is 7.50. The van der Waals surface area contributed by atoms with Crippen molar-refractivity contribution in [3.8, 4) is 0 Å². The zero-order chi connectivity index (χ0) is 22.3. The van der Waals surface area contributed by atoms with Gasteiger partial charge in [-0.1, -0.05) is 42.8 Å². The maximum absolute atomic E-state index is 12.9. The number of hydrogen-bond donors (Lipinski definition) is 1. The van der Waals surface area contributed by atoms with Crippen LogP contribution in [0.5, 0.6) is 0 Å². The summed E-state index contributed by atoms with van der Waals surface area (Å²) in [5.74, 6) is -1.20. The summed E-state index contributed by atoms with van der Waals surface area (Å²) in [5, 5.41) is 3.09. The molecule has 0 saturated heterocycles. The molecule has 3 aromatic rings. The SMILES string of the molecule is CCC(OS(=O)(=O)c1ccc(C)cc1)C1=C(c2cn(C)c3ccccc23)C(=O)NC1=O. The molecular weight excluding hydrogens is 416 g/mol. The van der Waals surface area contributed by atoms with Gasteiger partial charge in [-0.3, -0.25) is 19.1 Å². The first-order valence-electron chi connectivity index (χ1n) is 9.87. The minimum Gasteiger partial charge on any atom is -0.350 e. The summed E-state index contributed by atoms with van der Waals surface area (Å²) in [5.41, 5.74) is 2.53. The minimum absolute atomic E-state index is 0.00593. The molecule has 1 unspecified atom stereocenters. The zero-order valence-electron chi connectivity index (χ0n) is 17.4. The lowest BCUT2D eigenvalue weighted by molar-refractivity contribution is -0.123. The highest BCUT2D eigenvalue weighted by molar-refractivity contribution is 7.86. The van der Waals surface area contributed by atoms with Crippen molar-refractivity contribution in [3.05, 3.63) is 71.4 Å². The zero-order valence-corrected chi connectivity index (χ0v) is 18.2. The highest BCUT2D eigenvalue weighted by Gasteiger charge is 2.39. The van der Waals surface area contributed by atoms with Crippen LogP contribution in [0.3, 0.4) is 0 Å². The second-order valence-corrected chi connectivity index (χ2v) is 9.08. The van der Waals surface area contributed by atoms with E-state index >= 15 is 0 Å². The van der Waals surface area contributed by atoms with Gasteiger partial charge in [0.15, 0.2) is 0 Å². The Kier molecular flexibility index (Phi) is 5.28. The van der Waals surface area contributed by atoms with Crippen molar-refractivity contribution in [2.24, 2.45) is 7.05 Å². The van der Waals surface area contributed by atoms with E-state index in [2.05, 4.69) is 5.32 Å². The molecule has 2 heterocycles. The quantitative estimate of drug-likeness (QED) is 0.471. The van der Waals surface area contributed by atoms with Crippen molar-refractivity contribution in [2.45, 2.75) is 31.3 Å². The summed E-state index contributed by atoms with van der Waals surface area (Å²) in [4.78, 5) is 25.4. The fourth-order valence-corrected chi connectivity index (χ4v) is 4.94. The third kappa shape index (κ3) is 3.68. The van der Waals surface area contributed by atoms with E-state index in [9.17, 15) is 18.0 Å². The minimum atomic E-state index is -4.14. The third-order valence-corrected chi connectivity index (χ3v) is 6.71. The lowest BCUT2D eigenvalue weighted by Gasteiger charge is -2.17. The number of hydrogen-bond acceptors (Lipinski definition) is 5. The average Bonchev–Trinajstić information content (AvgIpc) is 3.22. The maximum atomic E-state index is 12.9. The number of benzene rings is 2. The molecule has 7 nitrogen and oxygen atoms in total. The van der Waals surface area contributed by atoms with Gasteiger partial charge in [-0.05, 0) is 31.5 Å². The fourth-order valence-electron chi connectivity index (χ4n) is 3.82. The molecule has 1 atom stereocenters. The Balaban J connectivity index is 1.83. The van der Waals surface area contributed by atoms with Crippen LogP contribution in [0.15, 0.2) is 65.2 Å². The number of carbonyl (C=O) groups is 2. The number of aromatic nitrogens is 1. The summed E-state index contributed by atoms with van der Waals surface area (Å²) in [6.45, 7) is 3.56. The van der Waals surface area contributed by atoms with Gasteiger partial charge in [0, 0.05) is 29.7 Å². The second kappa shape index (κ2) is 7.79. The fraction of sp³-hybridized carbons (Fsp3) is 0.217. The molecule has 0 spiro atoms. The monoisotopic (exact) mass is 438 g/mol. The van der Waals surface area contributed by atoms with Gasteiger partial charge in [-0.25, -0.2) is 0 Å². The Morgan fingerprint density at radius 3 is 2.39 bits per heavy atom. The van der Waals surface area contributed by atoms with Crippen LogP contribution >= 0.6 is 0 Å². The molecule has 1 N–H and O–H groups in total. The van der Waals surface area contributed by atoms with Crippen molar-refractivity contribution >= 4 is 38.4 Å². The molecule has 160 valence electrons. The predicted molar refractivity (Wildman–Crippen MR) is 117 cm³/mol. The summed E-state index contributed by atoms with van der Waals surface area (Å²) in [7, 11) is -2.30. The summed E-state index contributed by atoms with van der Waals surface area (Å²) in [6.07, 6.45) is 0.848. The number of amides is 2. The van der Waals surface area contributed by atoms with Gasteiger partial charge in [-0.2, -0.15) is 8.42 Å². The van der Waals surface area contributed by atoms with E-state index in [0.717, 1.165) is 16.5 Å². The van der Waals surface area contributed by atoms with Gasteiger partial charge in [0.1, 0.15) is 6.10 Å². The Labute approximate surface area is 180 Å². The van der Waals surface area contributed by atoms with Crippen LogP contribution in [-0.2, 0) is 30.9 Å². The molecule has 1 aliphatic rings. The number of nitrogens with one attached hydrogen (secondary N) is 1. The number of nitrogens with zero attached hydrogens (tertiary/aromatic N) is 1. The summed E-state index contributed by atoms with van der Waals surface area (Å²) >= 11 is 0. The first-order valence-corrected chi connectivity index (χ1v) is 11.3. The number of fused-ring (bicyclic) bond motifs is 1. The Morgan fingerprint density at radius 1 is 1.03 bits per heavy atom. The third-order valence-electron chi connectivity index (χ3n) is 5.38. The van der Waals surface area contributed by atoms with E-state index in [4.69, 9.17) is 4.18 Å². The Bertz CT molecular complexity index is 1330. The van der Waals surface area contributed by atoms with E-state index in [-0.39, 0.29) is 22.5 Å².